The van der Waals surface area contributed by atoms with E-state index in [-0.39, 0.29) is 24.8 Å². The molecule has 2 rings (SSSR count). The molecule has 0 spiro atoms. The maximum Gasteiger partial charge on any atom is 0.407 e. The van der Waals surface area contributed by atoms with Crippen LogP contribution in [0.25, 0.3) is 0 Å². The highest BCUT2D eigenvalue weighted by Crippen LogP contribution is 2.25. The summed E-state index contributed by atoms with van der Waals surface area (Å²) in [6.07, 6.45) is 8.10. The predicted octanol–water partition coefficient (Wildman–Crippen LogP) is 3.90. The Bertz CT molecular complexity index is 745. The Morgan fingerprint density at radius 1 is 1.07 bits per heavy atom. The molecule has 7 nitrogen and oxygen atoms in total. The van der Waals surface area contributed by atoms with Gasteiger partial charge in [0.25, 0.3) is 0 Å². The summed E-state index contributed by atoms with van der Waals surface area (Å²) in [7, 11) is 0. The Kier molecular flexibility index (Phi) is 8.89. The summed E-state index contributed by atoms with van der Waals surface area (Å²) in [5.41, 5.74) is 1.04. The molecule has 0 atom stereocenters. The van der Waals surface area contributed by atoms with Crippen molar-refractivity contribution in [2.45, 2.75) is 65.0 Å². The van der Waals surface area contributed by atoms with E-state index in [1.165, 1.54) is 25.7 Å². The van der Waals surface area contributed by atoms with Crippen molar-refractivity contribution in [2.24, 2.45) is 5.92 Å². The van der Waals surface area contributed by atoms with Gasteiger partial charge in [0.05, 0.1) is 0 Å². The molecule has 0 heterocycles. The summed E-state index contributed by atoms with van der Waals surface area (Å²) in [5, 5.41) is 8.20. The molecular formula is C23H33N3O4. The first-order valence-electron chi connectivity index (χ1n) is 10.5. The molecule has 1 aromatic rings. The van der Waals surface area contributed by atoms with E-state index in [0.717, 1.165) is 5.56 Å². The minimum Gasteiger partial charge on any atom is -0.444 e. The van der Waals surface area contributed by atoms with Gasteiger partial charge in [0.15, 0.2) is 0 Å². The van der Waals surface area contributed by atoms with Crippen molar-refractivity contribution in [2.75, 3.05) is 11.9 Å². The minimum absolute atomic E-state index is 0.0863. The maximum atomic E-state index is 12.0. The standard InChI is InChI=1S/C23H33N3O4/c1-23(2,3)30-22(29)24-15-14-21(28)26-19-11-8-18(9-12-19)16-25-20(27)13-10-17-6-4-5-7-17/h8-13,17H,4-7,14-16H2,1-3H3,(H,24,29)(H,25,27)(H,26,28)/b13-10+. The van der Waals surface area contributed by atoms with Gasteiger partial charge in [-0.05, 0) is 63.3 Å². The van der Waals surface area contributed by atoms with Gasteiger partial charge in [0, 0.05) is 25.2 Å². The molecule has 0 radical (unpaired) electrons. The van der Waals surface area contributed by atoms with Crippen LogP contribution >= 0.6 is 0 Å². The molecule has 30 heavy (non-hydrogen) atoms. The number of benzene rings is 1. The molecular weight excluding hydrogens is 382 g/mol. The second-order valence-electron chi connectivity index (χ2n) is 8.55. The molecule has 0 aromatic heterocycles. The number of alkyl carbamates (subject to hydrolysis) is 1. The number of carbonyl (C=O) groups is 3. The Morgan fingerprint density at radius 2 is 1.73 bits per heavy atom. The van der Waals surface area contributed by atoms with Crippen LogP contribution in [0.3, 0.4) is 0 Å². The quantitative estimate of drug-likeness (QED) is 0.561. The highest BCUT2D eigenvalue weighted by atomic mass is 16.6. The van der Waals surface area contributed by atoms with Crippen molar-refractivity contribution >= 4 is 23.6 Å². The average Bonchev–Trinajstić information content (AvgIpc) is 3.18. The number of anilines is 1. The molecule has 164 valence electrons. The highest BCUT2D eigenvalue weighted by Gasteiger charge is 2.16. The lowest BCUT2D eigenvalue weighted by molar-refractivity contribution is -0.117. The summed E-state index contributed by atoms with van der Waals surface area (Å²) in [4.78, 5) is 35.5. The molecule has 3 amide bonds. The van der Waals surface area contributed by atoms with Gasteiger partial charge in [0.2, 0.25) is 11.8 Å². The fourth-order valence-corrected chi connectivity index (χ4v) is 3.14. The fraction of sp³-hybridized carbons (Fsp3) is 0.522. The smallest absolute Gasteiger partial charge is 0.407 e. The second kappa shape index (κ2) is 11.4. The van der Waals surface area contributed by atoms with Crippen LogP contribution in [0.4, 0.5) is 10.5 Å². The number of ether oxygens (including phenoxy) is 1. The molecule has 1 fully saturated rings. The molecule has 3 N–H and O–H groups in total. The number of amides is 3. The molecule has 0 saturated heterocycles. The van der Waals surface area contributed by atoms with E-state index in [2.05, 4.69) is 16.0 Å². The number of hydrogen-bond donors (Lipinski definition) is 3. The number of nitrogens with one attached hydrogen (secondary N) is 3. The summed E-state index contributed by atoms with van der Waals surface area (Å²) in [6.45, 7) is 5.96. The Hall–Kier alpha value is -2.83. The second-order valence-corrected chi connectivity index (χ2v) is 8.55. The topological polar surface area (TPSA) is 96.5 Å². The van der Waals surface area contributed by atoms with Crippen LogP contribution in [0.5, 0.6) is 0 Å². The van der Waals surface area contributed by atoms with E-state index in [1.807, 2.05) is 18.2 Å². The molecule has 1 aliphatic carbocycles. The van der Waals surface area contributed by atoms with Gasteiger partial charge in [-0.2, -0.15) is 0 Å². The lowest BCUT2D eigenvalue weighted by Gasteiger charge is -2.19. The van der Waals surface area contributed by atoms with Crippen LogP contribution in [0.2, 0.25) is 0 Å². The predicted molar refractivity (Wildman–Crippen MR) is 117 cm³/mol. The third-order valence-electron chi connectivity index (χ3n) is 4.64. The van der Waals surface area contributed by atoms with Crippen molar-refractivity contribution < 1.29 is 19.1 Å². The third-order valence-corrected chi connectivity index (χ3v) is 4.64. The van der Waals surface area contributed by atoms with E-state index in [0.29, 0.717) is 18.2 Å². The average molecular weight is 416 g/mol. The lowest BCUT2D eigenvalue weighted by atomic mass is 10.1. The zero-order chi connectivity index (χ0) is 22.0. The van der Waals surface area contributed by atoms with Crippen molar-refractivity contribution in [1.29, 1.82) is 0 Å². The van der Waals surface area contributed by atoms with Crippen molar-refractivity contribution in [3.05, 3.63) is 42.0 Å². The van der Waals surface area contributed by atoms with Crippen molar-refractivity contribution in [3.8, 4) is 0 Å². The minimum atomic E-state index is -0.570. The van der Waals surface area contributed by atoms with E-state index in [1.54, 1.807) is 39.0 Å². The van der Waals surface area contributed by atoms with Crippen molar-refractivity contribution in [1.82, 2.24) is 10.6 Å². The number of hydrogen-bond acceptors (Lipinski definition) is 4. The third kappa shape index (κ3) is 9.58. The molecule has 0 aliphatic heterocycles. The van der Waals surface area contributed by atoms with Gasteiger partial charge < -0.3 is 20.7 Å². The number of carbonyl (C=O) groups excluding carboxylic acids is 3. The molecule has 1 aliphatic rings. The first-order valence-corrected chi connectivity index (χ1v) is 10.5. The van der Waals surface area contributed by atoms with Crippen LogP contribution in [0.15, 0.2) is 36.4 Å². The van der Waals surface area contributed by atoms with Crippen molar-refractivity contribution in [3.63, 3.8) is 0 Å². The Labute approximate surface area is 178 Å². The van der Waals surface area contributed by atoms with E-state index < -0.39 is 11.7 Å². The normalized spacial score (nSPS) is 14.5. The van der Waals surface area contributed by atoms with E-state index >= 15 is 0 Å². The van der Waals surface area contributed by atoms with E-state index in [4.69, 9.17) is 4.74 Å². The van der Waals surface area contributed by atoms with Gasteiger partial charge in [-0.15, -0.1) is 0 Å². The number of allylic oxidation sites excluding steroid dienone is 1. The lowest BCUT2D eigenvalue weighted by Crippen LogP contribution is -2.34. The highest BCUT2D eigenvalue weighted by molar-refractivity contribution is 5.91. The molecule has 1 aromatic carbocycles. The van der Waals surface area contributed by atoms with Gasteiger partial charge in [-0.25, -0.2) is 4.79 Å². The number of rotatable bonds is 8. The monoisotopic (exact) mass is 415 g/mol. The summed E-state index contributed by atoms with van der Waals surface area (Å²) in [6, 6.07) is 7.29. The summed E-state index contributed by atoms with van der Waals surface area (Å²) < 4.78 is 5.12. The Balaban J connectivity index is 1.66. The molecule has 7 heteroatoms. The van der Waals surface area contributed by atoms with E-state index in [9.17, 15) is 14.4 Å². The van der Waals surface area contributed by atoms with Crippen LogP contribution in [0, 0.1) is 5.92 Å². The van der Waals surface area contributed by atoms with Crippen LogP contribution in [-0.2, 0) is 20.9 Å². The zero-order valence-electron chi connectivity index (χ0n) is 18.1. The first kappa shape index (κ1) is 23.4. The van der Waals surface area contributed by atoms with Crippen LogP contribution in [-0.4, -0.2) is 30.1 Å². The molecule has 1 saturated carbocycles. The van der Waals surface area contributed by atoms with Gasteiger partial charge in [0.1, 0.15) is 5.60 Å². The largest absolute Gasteiger partial charge is 0.444 e. The fourth-order valence-electron chi connectivity index (χ4n) is 3.14. The van der Waals surface area contributed by atoms with Gasteiger partial charge >= 0.3 is 6.09 Å². The maximum absolute atomic E-state index is 12.0. The SMILES string of the molecule is CC(C)(C)OC(=O)NCCC(=O)Nc1ccc(CNC(=O)/C=C/C2CCCC2)cc1. The summed E-state index contributed by atoms with van der Waals surface area (Å²) >= 11 is 0. The van der Waals surface area contributed by atoms with Crippen LogP contribution < -0.4 is 16.0 Å². The van der Waals surface area contributed by atoms with Gasteiger partial charge in [-0.3, -0.25) is 9.59 Å². The summed E-state index contributed by atoms with van der Waals surface area (Å²) in [5.74, 6) is 0.249. The van der Waals surface area contributed by atoms with Gasteiger partial charge in [-0.1, -0.05) is 31.1 Å². The van der Waals surface area contributed by atoms with Crippen LogP contribution in [0.1, 0.15) is 58.4 Å². The first-order chi connectivity index (χ1) is 14.2. The molecule has 0 bridgehead atoms. The molecule has 0 unspecified atom stereocenters. The zero-order valence-corrected chi connectivity index (χ0v) is 18.1. The Morgan fingerprint density at radius 3 is 2.37 bits per heavy atom.